The molecule has 0 atom stereocenters. The van der Waals surface area contributed by atoms with Crippen LogP contribution in [0.25, 0.3) is 0 Å². The molecule has 2 rings (SSSR count). The highest BCUT2D eigenvalue weighted by Crippen LogP contribution is 2.19. The molecular weight excluding hydrogens is 234 g/mol. The van der Waals surface area contributed by atoms with Crippen molar-refractivity contribution < 1.29 is 4.74 Å². The minimum Gasteiger partial charge on any atom is -0.481 e. The molecule has 0 aliphatic rings. The second-order valence-electron chi connectivity index (χ2n) is 3.68. The van der Waals surface area contributed by atoms with Crippen molar-refractivity contribution in [1.29, 1.82) is 0 Å². The minimum atomic E-state index is 0.625. The fourth-order valence-electron chi connectivity index (χ4n) is 1.53. The zero-order valence-corrected chi connectivity index (χ0v) is 11.0. The SMILES string of the molecule is COc1ccc(NCc2sc(C)nc2C)cn1. The van der Waals surface area contributed by atoms with Crippen LogP contribution in [-0.4, -0.2) is 17.1 Å². The molecule has 0 amide bonds. The van der Waals surface area contributed by atoms with Gasteiger partial charge in [-0.3, -0.25) is 0 Å². The summed E-state index contributed by atoms with van der Waals surface area (Å²) in [7, 11) is 1.61. The largest absolute Gasteiger partial charge is 0.481 e. The molecule has 0 spiro atoms. The summed E-state index contributed by atoms with van der Waals surface area (Å²) >= 11 is 1.72. The lowest BCUT2D eigenvalue weighted by molar-refractivity contribution is 0.398. The van der Waals surface area contributed by atoms with Crippen molar-refractivity contribution in [3.8, 4) is 5.88 Å². The summed E-state index contributed by atoms with van der Waals surface area (Å²) in [5, 5.41) is 4.42. The van der Waals surface area contributed by atoms with E-state index in [0.29, 0.717) is 5.88 Å². The van der Waals surface area contributed by atoms with Crippen molar-refractivity contribution in [1.82, 2.24) is 9.97 Å². The number of anilines is 1. The van der Waals surface area contributed by atoms with E-state index in [9.17, 15) is 0 Å². The zero-order valence-electron chi connectivity index (χ0n) is 10.2. The Morgan fingerprint density at radius 2 is 2.18 bits per heavy atom. The van der Waals surface area contributed by atoms with Gasteiger partial charge in [-0.1, -0.05) is 0 Å². The Balaban J connectivity index is 1.99. The van der Waals surface area contributed by atoms with Gasteiger partial charge in [-0.25, -0.2) is 9.97 Å². The molecule has 0 aromatic carbocycles. The molecule has 2 aromatic heterocycles. The summed E-state index contributed by atoms with van der Waals surface area (Å²) in [5.74, 6) is 0.625. The highest BCUT2D eigenvalue weighted by molar-refractivity contribution is 7.11. The minimum absolute atomic E-state index is 0.625. The lowest BCUT2D eigenvalue weighted by atomic mass is 10.3. The van der Waals surface area contributed by atoms with Gasteiger partial charge in [0, 0.05) is 10.9 Å². The molecule has 0 bridgehead atoms. The fraction of sp³-hybridized carbons (Fsp3) is 0.333. The van der Waals surface area contributed by atoms with Gasteiger partial charge < -0.3 is 10.1 Å². The zero-order chi connectivity index (χ0) is 12.3. The summed E-state index contributed by atoms with van der Waals surface area (Å²) < 4.78 is 5.01. The van der Waals surface area contributed by atoms with Crippen molar-refractivity contribution in [2.24, 2.45) is 0 Å². The molecule has 17 heavy (non-hydrogen) atoms. The fourth-order valence-corrected chi connectivity index (χ4v) is 2.40. The number of methoxy groups -OCH3 is 1. The van der Waals surface area contributed by atoms with Crippen molar-refractivity contribution in [2.45, 2.75) is 20.4 Å². The molecule has 0 aliphatic heterocycles. The van der Waals surface area contributed by atoms with Crippen LogP contribution in [0.5, 0.6) is 5.88 Å². The predicted octanol–water partition coefficient (Wildman–Crippen LogP) is 2.78. The normalized spacial score (nSPS) is 10.3. The number of thiazole rings is 1. The molecule has 2 aromatic rings. The number of hydrogen-bond acceptors (Lipinski definition) is 5. The number of hydrogen-bond donors (Lipinski definition) is 1. The molecule has 0 aliphatic carbocycles. The second kappa shape index (κ2) is 5.14. The van der Waals surface area contributed by atoms with Crippen LogP contribution in [0.1, 0.15) is 15.6 Å². The summed E-state index contributed by atoms with van der Waals surface area (Å²) in [5.41, 5.74) is 2.08. The summed E-state index contributed by atoms with van der Waals surface area (Å²) in [4.78, 5) is 9.80. The summed E-state index contributed by atoms with van der Waals surface area (Å²) in [6.07, 6.45) is 1.77. The molecule has 2 heterocycles. The molecule has 0 radical (unpaired) electrons. The Labute approximate surface area is 105 Å². The molecule has 0 fully saturated rings. The maximum Gasteiger partial charge on any atom is 0.213 e. The van der Waals surface area contributed by atoms with Gasteiger partial charge in [0.2, 0.25) is 5.88 Å². The van der Waals surface area contributed by atoms with Crippen LogP contribution >= 0.6 is 11.3 Å². The first kappa shape index (κ1) is 11.9. The van der Waals surface area contributed by atoms with Crippen LogP contribution in [0.2, 0.25) is 0 Å². The number of aromatic nitrogens is 2. The Hall–Kier alpha value is -1.62. The third-order valence-corrected chi connectivity index (χ3v) is 3.47. The topological polar surface area (TPSA) is 47.0 Å². The van der Waals surface area contributed by atoms with Crippen molar-refractivity contribution in [3.05, 3.63) is 33.9 Å². The monoisotopic (exact) mass is 249 g/mol. The lowest BCUT2D eigenvalue weighted by Gasteiger charge is -2.05. The highest BCUT2D eigenvalue weighted by Gasteiger charge is 2.04. The molecule has 90 valence electrons. The smallest absolute Gasteiger partial charge is 0.213 e. The van der Waals surface area contributed by atoms with Gasteiger partial charge in [-0.05, 0) is 19.9 Å². The number of pyridine rings is 1. The number of rotatable bonds is 4. The molecule has 4 nitrogen and oxygen atoms in total. The Morgan fingerprint density at radius 3 is 2.71 bits per heavy atom. The third kappa shape index (κ3) is 2.94. The van der Waals surface area contributed by atoms with Gasteiger partial charge in [-0.15, -0.1) is 11.3 Å². The van der Waals surface area contributed by atoms with E-state index in [1.165, 1.54) is 4.88 Å². The average molecular weight is 249 g/mol. The van der Waals surface area contributed by atoms with E-state index in [1.807, 2.05) is 26.0 Å². The van der Waals surface area contributed by atoms with Gasteiger partial charge >= 0.3 is 0 Å². The van der Waals surface area contributed by atoms with Gasteiger partial charge in [0.1, 0.15) is 0 Å². The van der Waals surface area contributed by atoms with Gasteiger partial charge in [0.15, 0.2) is 0 Å². The maximum atomic E-state index is 5.01. The van der Waals surface area contributed by atoms with Crippen LogP contribution in [-0.2, 0) is 6.54 Å². The summed E-state index contributed by atoms with van der Waals surface area (Å²) in [6.45, 7) is 4.84. The van der Waals surface area contributed by atoms with Crippen molar-refractivity contribution >= 4 is 17.0 Å². The van der Waals surface area contributed by atoms with Crippen LogP contribution < -0.4 is 10.1 Å². The van der Waals surface area contributed by atoms with E-state index in [-0.39, 0.29) is 0 Å². The number of nitrogens with one attached hydrogen (secondary N) is 1. The standard InChI is InChI=1S/C12H15N3OS/c1-8-11(17-9(2)15-8)7-13-10-4-5-12(16-3)14-6-10/h4-6,13H,7H2,1-3H3. The van der Waals surface area contributed by atoms with Gasteiger partial charge in [0.05, 0.1) is 36.2 Å². The van der Waals surface area contributed by atoms with Crippen LogP contribution in [0.3, 0.4) is 0 Å². The maximum absolute atomic E-state index is 5.01. The molecule has 0 saturated carbocycles. The highest BCUT2D eigenvalue weighted by atomic mass is 32.1. The Kier molecular flexibility index (Phi) is 3.58. The van der Waals surface area contributed by atoms with Crippen LogP contribution in [0.4, 0.5) is 5.69 Å². The van der Waals surface area contributed by atoms with Crippen molar-refractivity contribution in [3.63, 3.8) is 0 Å². The molecule has 5 heteroatoms. The first-order valence-corrected chi connectivity index (χ1v) is 6.17. The number of aryl methyl sites for hydroxylation is 2. The van der Waals surface area contributed by atoms with E-state index in [0.717, 1.165) is 22.9 Å². The first-order valence-electron chi connectivity index (χ1n) is 5.36. The lowest BCUT2D eigenvalue weighted by Crippen LogP contribution is -1.99. The van der Waals surface area contributed by atoms with E-state index < -0.39 is 0 Å². The molecule has 0 saturated heterocycles. The number of ether oxygens (including phenoxy) is 1. The predicted molar refractivity (Wildman–Crippen MR) is 69.7 cm³/mol. The Bertz CT molecular complexity index is 493. The summed E-state index contributed by atoms with van der Waals surface area (Å²) in [6, 6.07) is 3.79. The van der Waals surface area contributed by atoms with Crippen LogP contribution in [0, 0.1) is 13.8 Å². The van der Waals surface area contributed by atoms with E-state index in [1.54, 1.807) is 24.6 Å². The van der Waals surface area contributed by atoms with Gasteiger partial charge in [0.25, 0.3) is 0 Å². The first-order chi connectivity index (χ1) is 8.19. The second-order valence-corrected chi connectivity index (χ2v) is 4.97. The third-order valence-electron chi connectivity index (χ3n) is 2.40. The number of nitrogens with zero attached hydrogens (tertiary/aromatic N) is 2. The van der Waals surface area contributed by atoms with E-state index in [4.69, 9.17) is 4.74 Å². The average Bonchev–Trinajstić information content (AvgIpc) is 2.66. The Morgan fingerprint density at radius 1 is 1.35 bits per heavy atom. The molecular formula is C12H15N3OS. The van der Waals surface area contributed by atoms with Crippen molar-refractivity contribution in [2.75, 3.05) is 12.4 Å². The van der Waals surface area contributed by atoms with E-state index in [2.05, 4.69) is 15.3 Å². The quantitative estimate of drug-likeness (QED) is 0.905. The van der Waals surface area contributed by atoms with Gasteiger partial charge in [-0.2, -0.15) is 0 Å². The molecule has 0 unspecified atom stereocenters. The van der Waals surface area contributed by atoms with Crippen LogP contribution in [0.15, 0.2) is 18.3 Å². The van der Waals surface area contributed by atoms with E-state index >= 15 is 0 Å². The molecule has 1 N–H and O–H groups in total.